The summed E-state index contributed by atoms with van der Waals surface area (Å²) in [4.78, 5) is 26.2. The molecule has 1 N–H and O–H groups in total. The van der Waals surface area contributed by atoms with Crippen LogP contribution in [-0.2, 0) is 17.5 Å². The fraction of sp³-hybridized carbons (Fsp3) is 0.545. The number of H-pyrrole nitrogens is 1. The van der Waals surface area contributed by atoms with Gasteiger partial charge in [0.15, 0.2) is 5.65 Å². The Labute approximate surface area is 187 Å². The fourth-order valence-electron chi connectivity index (χ4n) is 4.82. The van der Waals surface area contributed by atoms with Crippen molar-refractivity contribution in [1.29, 1.82) is 0 Å². The molecular formula is C22H25F3N6O2. The summed E-state index contributed by atoms with van der Waals surface area (Å²) in [7, 11) is 0. The third-order valence-corrected chi connectivity index (χ3v) is 6.58. The van der Waals surface area contributed by atoms with E-state index >= 15 is 0 Å². The highest BCUT2D eigenvalue weighted by Gasteiger charge is 2.34. The van der Waals surface area contributed by atoms with E-state index in [2.05, 4.69) is 26.9 Å². The van der Waals surface area contributed by atoms with Gasteiger partial charge in [-0.25, -0.2) is 9.67 Å². The number of aromatic nitrogens is 5. The molecule has 3 aromatic heterocycles. The zero-order valence-electron chi connectivity index (χ0n) is 18.2. The van der Waals surface area contributed by atoms with E-state index in [4.69, 9.17) is 9.72 Å². The summed E-state index contributed by atoms with van der Waals surface area (Å²) in [6, 6.07) is 2.63. The first-order valence-electron chi connectivity index (χ1n) is 11.1. The molecule has 2 saturated heterocycles. The minimum Gasteiger partial charge on any atom is -0.381 e. The van der Waals surface area contributed by atoms with E-state index in [1.165, 1.54) is 12.3 Å². The topological polar surface area (TPSA) is 88.9 Å². The lowest BCUT2D eigenvalue weighted by molar-refractivity contribution is -0.141. The lowest BCUT2D eigenvalue weighted by atomic mass is 9.97. The summed E-state index contributed by atoms with van der Waals surface area (Å²) in [6.45, 7) is 5.29. The van der Waals surface area contributed by atoms with E-state index in [9.17, 15) is 18.0 Å². The largest absolute Gasteiger partial charge is 0.433 e. The molecule has 8 nitrogen and oxygen atoms in total. The van der Waals surface area contributed by atoms with E-state index in [0.29, 0.717) is 48.7 Å². The number of rotatable bonds is 4. The maximum Gasteiger partial charge on any atom is 0.433 e. The number of alkyl halides is 3. The number of aromatic amines is 1. The molecule has 5 rings (SSSR count). The van der Waals surface area contributed by atoms with Crippen molar-refractivity contribution >= 4 is 11.0 Å². The van der Waals surface area contributed by atoms with Crippen molar-refractivity contribution in [2.45, 2.75) is 44.4 Å². The van der Waals surface area contributed by atoms with Crippen LogP contribution in [0.4, 0.5) is 13.2 Å². The number of hydrogen-bond acceptors (Lipinski definition) is 6. The molecule has 2 fully saturated rings. The van der Waals surface area contributed by atoms with E-state index < -0.39 is 11.9 Å². The molecule has 5 heterocycles. The number of nitrogens with one attached hydrogen (secondary N) is 1. The highest BCUT2D eigenvalue weighted by molar-refractivity contribution is 5.73. The van der Waals surface area contributed by atoms with Crippen LogP contribution in [0.1, 0.15) is 48.8 Å². The summed E-state index contributed by atoms with van der Waals surface area (Å²) in [5.74, 6) is 0.844. The predicted octanol–water partition coefficient (Wildman–Crippen LogP) is 3.12. The summed E-state index contributed by atoms with van der Waals surface area (Å²) in [6.07, 6.45) is 0.0612. The molecule has 0 amide bonds. The maximum atomic E-state index is 12.8. The monoisotopic (exact) mass is 462 g/mol. The van der Waals surface area contributed by atoms with Crippen molar-refractivity contribution in [2.24, 2.45) is 5.92 Å². The number of likely N-dealkylation sites (tertiary alicyclic amines) is 1. The third-order valence-electron chi connectivity index (χ3n) is 6.58. The molecular weight excluding hydrogens is 437 g/mol. The quantitative estimate of drug-likeness (QED) is 0.641. The van der Waals surface area contributed by atoms with Crippen LogP contribution in [0.15, 0.2) is 29.3 Å². The van der Waals surface area contributed by atoms with Gasteiger partial charge in [0.2, 0.25) is 0 Å². The van der Waals surface area contributed by atoms with Crippen LogP contribution in [0.2, 0.25) is 0 Å². The van der Waals surface area contributed by atoms with Crippen LogP contribution >= 0.6 is 0 Å². The Morgan fingerprint density at radius 3 is 2.67 bits per heavy atom. The molecule has 2 aliphatic heterocycles. The fourth-order valence-corrected chi connectivity index (χ4v) is 4.82. The second-order valence-corrected chi connectivity index (χ2v) is 8.95. The molecule has 176 valence electrons. The highest BCUT2D eigenvalue weighted by atomic mass is 19.4. The predicted molar refractivity (Wildman–Crippen MR) is 114 cm³/mol. The van der Waals surface area contributed by atoms with E-state index in [-0.39, 0.29) is 23.4 Å². The molecule has 0 radical (unpaired) electrons. The number of hydrogen-bond donors (Lipinski definition) is 1. The van der Waals surface area contributed by atoms with Gasteiger partial charge < -0.3 is 9.72 Å². The van der Waals surface area contributed by atoms with Gasteiger partial charge in [0, 0.05) is 45.0 Å². The number of ether oxygens (including phenoxy) is 1. The number of halogens is 3. The first-order chi connectivity index (χ1) is 15.8. The Kier molecular flexibility index (Phi) is 5.69. The molecule has 11 heteroatoms. The summed E-state index contributed by atoms with van der Waals surface area (Å²) >= 11 is 0. The van der Waals surface area contributed by atoms with Crippen LogP contribution in [0, 0.1) is 5.92 Å². The minimum atomic E-state index is -4.45. The van der Waals surface area contributed by atoms with E-state index in [1.807, 2.05) is 4.68 Å². The Bertz CT molecular complexity index is 1180. The van der Waals surface area contributed by atoms with Gasteiger partial charge in [-0.3, -0.25) is 14.7 Å². The zero-order chi connectivity index (χ0) is 23.2. The lowest BCUT2D eigenvalue weighted by Gasteiger charge is -2.23. The molecule has 33 heavy (non-hydrogen) atoms. The smallest absolute Gasteiger partial charge is 0.381 e. The lowest BCUT2D eigenvalue weighted by Crippen LogP contribution is -2.23. The van der Waals surface area contributed by atoms with Crippen molar-refractivity contribution in [3.8, 4) is 0 Å². The highest BCUT2D eigenvalue weighted by Crippen LogP contribution is 2.32. The van der Waals surface area contributed by atoms with Crippen molar-refractivity contribution < 1.29 is 17.9 Å². The van der Waals surface area contributed by atoms with Crippen molar-refractivity contribution in [2.75, 3.05) is 26.3 Å². The molecule has 2 atom stereocenters. The molecule has 0 aromatic carbocycles. The average Bonchev–Trinajstić information content (AvgIpc) is 3.38. The molecule has 2 aliphatic rings. The minimum absolute atomic E-state index is 0.00236. The van der Waals surface area contributed by atoms with Gasteiger partial charge in [0.25, 0.3) is 5.56 Å². The van der Waals surface area contributed by atoms with Gasteiger partial charge in [-0.15, -0.1) is 0 Å². The van der Waals surface area contributed by atoms with Crippen LogP contribution < -0.4 is 5.56 Å². The second kappa shape index (κ2) is 8.53. The van der Waals surface area contributed by atoms with E-state index in [1.54, 1.807) is 6.20 Å². The van der Waals surface area contributed by atoms with Gasteiger partial charge >= 0.3 is 6.18 Å². The maximum absolute atomic E-state index is 12.8. The van der Waals surface area contributed by atoms with Crippen molar-refractivity contribution in [1.82, 2.24) is 29.6 Å². The summed E-state index contributed by atoms with van der Waals surface area (Å²) in [5.41, 5.74) is 0.213. The van der Waals surface area contributed by atoms with Crippen molar-refractivity contribution in [3.05, 3.63) is 52.0 Å². The van der Waals surface area contributed by atoms with E-state index in [0.717, 1.165) is 25.5 Å². The van der Waals surface area contributed by atoms with Crippen LogP contribution in [0.3, 0.4) is 0 Å². The molecule has 3 aromatic rings. The standard InChI is InChI=1S/C22H25F3N6O2/c1-13-10-30(11-14-2-3-18(26-8-14)22(23,24)25)12-17(13)19-28-20-16(21(32)29-19)9-27-31(20)15-4-6-33-7-5-15/h2-3,8-9,13,15,17H,4-7,10-12H2,1H3,(H,28,29,32)/t13-,17-/m1/s1. The SMILES string of the molecule is C[C@@H]1CN(Cc2ccc(C(F)(F)F)nc2)C[C@H]1c1nc2c(cnn2C2CCOCC2)c(=O)[nH]1. The summed E-state index contributed by atoms with van der Waals surface area (Å²) < 4.78 is 45.6. The number of fused-ring (bicyclic) bond motifs is 1. The first kappa shape index (κ1) is 22.0. The third kappa shape index (κ3) is 4.39. The van der Waals surface area contributed by atoms with Crippen LogP contribution in [0.25, 0.3) is 11.0 Å². The van der Waals surface area contributed by atoms with Crippen molar-refractivity contribution in [3.63, 3.8) is 0 Å². The molecule has 0 bridgehead atoms. The molecule has 0 spiro atoms. The number of nitrogens with zero attached hydrogens (tertiary/aromatic N) is 5. The Hall–Kier alpha value is -2.79. The average molecular weight is 462 g/mol. The normalized spacial score (nSPS) is 22.9. The zero-order valence-corrected chi connectivity index (χ0v) is 18.2. The second-order valence-electron chi connectivity index (χ2n) is 8.95. The summed E-state index contributed by atoms with van der Waals surface area (Å²) in [5, 5.41) is 4.92. The molecule has 0 aliphatic carbocycles. The Morgan fingerprint density at radius 1 is 1.18 bits per heavy atom. The van der Waals surface area contributed by atoms with Gasteiger partial charge in [0.1, 0.15) is 16.9 Å². The van der Waals surface area contributed by atoms with Gasteiger partial charge in [-0.2, -0.15) is 18.3 Å². The Morgan fingerprint density at radius 2 is 1.97 bits per heavy atom. The van der Waals surface area contributed by atoms with Gasteiger partial charge in [0.05, 0.1) is 12.2 Å². The Balaban J connectivity index is 1.36. The van der Waals surface area contributed by atoms with Gasteiger partial charge in [-0.05, 0) is 30.4 Å². The molecule has 0 unspecified atom stereocenters. The molecule has 0 saturated carbocycles. The van der Waals surface area contributed by atoms with Crippen LogP contribution in [-0.4, -0.2) is 55.9 Å². The van der Waals surface area contributed by atoms with Gasteiger partial charge in [-0.1, -0.05) is 13.0 Å². The first-order valence-corrected chi connectivity index (χ1v) is 11.1. The van der Waals surface area contributed by atoms with Crippen LogP contribution in [0.5, 0.6) is 0 Å². The number of pyridine rings is 1.